The van der Waals surface area contributed by atoms with E-state index >= 15 is 0 Å². The summed E-state index contributed by atoms with van der Waals surface area (Å²) in [6.07, 6.45) is 12.5. The minimum atomic E-state index is 0.426. The van der Waals surface area contributed by atoms with Crippen LogP contribution in [-0.4, -0.2) is 12.7 Å². The molecule has 0 amide bonds. The van der Waals surface area contributed by atoms with E-state index in [1.54, 1.807) is 0 Å². The van der Waals surface area contributed by atoms with E-state index in [0.717, 1.165) is 13.0 Å². The lowest BCUT2D eigenvalue weighted by molar-refractivity contribution is 0.0640. The SMILES string of the molecule is CCCCCOC1[CH]CC[CH]C1. The molecule has 1 fully saturated rings. The van der Waals surface area contributed by atoms with Gasteiger partial charge in [0.2, 0.25) is 0 Å². The Morgan fingerprint density at radius 3 is 2.92 bits per heavy atom. The Bertz CT molecular complexity index is 95.2. The molecule has 1 atom stereocenters. The Morgan fingerprint density at radius 2 is 2.25 bits per heavy atom. The fourth-order valence-electron chi connectivity index (χ4n) is 1.50. The van der Waals surface area contributed by atoms with Gasteiger partial charge in [-0.15, -0.1) is 0 Å². The third-order valence-electron chi connectivity index (χ3n) is 2.28. The molecule has 0 bridgehead atoms. The van der Waals surface area contributed by atoms with Crippen LogP contribution in [0.3, 0.4) is 0 Å². The van der Waals surface area contributed by atoms with E-state index in [2.05, 4.69) is 19.8 Å². The average molecular weight is 168 g/mol. The van der Waals surface area contributed by atoms with Crippen LogP contribution in [0, 0.1) is 12.8 Å². The van der Waals surface area contributed by atoms with Gasteiger partial charge in [0.25, 0.3) is 0 Å². The molecule has 1 aliphatic rings. The number of ether oxygens (including phenoxy) is 1. The van der Waals surface area contributed by atoms with Crippen molar-refractivity contribution < 1.29 is 4.74 Å². The van der Waals surface area contributed by atoms with Crippen LogP contribution in [0.25, 0.3) is 0 Å². The first-order valence-corrected chi connectivity index (χ1v) is 5.20. The van der Waals surface area contributed by atoms with Gasteiger partial charge in [0.1, 0.15) is 0 Å². The first-order valence-electron chi connectivity index (χ1n) is 5.20. The van der Waals surface area contributed by atoms with Crippen molar-refractivity contribution in [2.45, 2.75) is 51.6 Å². The molecular formula is C11H20O. The van der Waals surface area contributed by atoms with E-state index in [0.29, 0.717) is 6.10 Å². The molecule has 1 unspecified atom stereocenters. The average Bonchev–Trinajstić information content (AvgIpc) is 2.14. The number of unbranched alkanes of at least 4 members (excludes halogenated alkanes) is 2. The van der Waals surface area contributed by atoms with Crippen LogP contribution in [0.5, 0.6) is 0 Å². The van der Waals surface area contributed by atoms with Gasteiger partial charge in [-0.3, -0.25) is 0 Å². The fourth-order valence-corrected chi connectivity index (χ4v) is 1.50. The van der Waals surface area contributed by atoms with Crippen LogP contribution in [0.4, 0.5) is 0 Å². The summed E-state index contributed by atoms with van der Waals surface area (Å²) in [5, 5.41) is 0. The lowest BCUT2D eigenvalue weighted by Gasteiger charge is -2.21. The van der Waals surface area contributed by atoms with Crippen LogP contribution in [0.2, 0.25) is 0 Å². The quantitative estimate of drug-likeness (QED) is 0.573. The van der Waals surface area contributed by atoms with Crippen LogP contribution < -0.4 is 0 Å². The molecule has 12 heavy (non-hydrogen) atoms. The monoisotopic (exact) mass is 168 g/mol. The Labute approximate surface area is 76.5 Å². The zero-order chi connectivity index (χ0) is 8.65. The maximum atomic E-state index is 5.70. The second kappa shape index (κ2) is 6.47. The van der Waals surface area contributed by atoms with Crippen molar-refractivity contribution in [1.82, 2.24) is 0 Å². The van der Waals surface area contributed by atoms with Gasteiger partial charge in [0.05, 0.1) is 6.10 Å². The Hall–Kier alpha value is -0.0400. The standard InChI is InChI=1S/C11H20O/c1-2-3-7-10-12-11-8-5-4-6-9-11/h5,9,11H,2-4,6-8,10H2,1H3. The van der Waals surface area contributed by atoms with Crippen LogP contribution in [0.15, 0.2) is 0 Å². The number of rotatable bonds is 5. The van der Waals surface area contributed by atoms with E-state index in [1.165, 1.54) is 32.1 Å². The van der Waals surface area contributed by atoms with Gasteiger partial charge in [-0.05, 0) is 38.5 Å². The van der Waals surface area contributed by atoms with Gasteiger partial charge >= 0.3 is 0 Å². The van der Waals surface area contributed by atoms with Gasteiger partial charge in [0, 0.05) is 6.61 Å². The molecule has 0 aromatic heterocycles. The molecule has 0 heterocycles. The molecule has 1 nitrogen and oxygen atoms in total. The topological polar surface area (TPSA) is 9.23 Å². The smallest absolute Gasteiger partial charge is 0.0609 e. The second-order valence-electron chi connectivity index (χ2n) is 3.45. The molecule has 0 spiro atoms. The van der Waals surface area contributed by atoms with Gasteiger partial charge in [-0.1, -0.05) is 19.8 Å². The highest BCUT2D eigenvalue weighted by Gasteiger charge is 2.13. The number of hydrogen-bond donors (Lipinski definition) is 0. The van der Waals surface area contributed by atoms with E-state index in [1.807, 2.05) is 0 Å². The summed E-state index contributed by atoms with van der Waals surface area (Å²) in [7, 11) is 0. The largest absolute Gasteiger partial charge is 0.378 e. The van der Waals surface area contributed by atoms with Gasteiger partial charge < -0.3 is 4.74 Å². The Kier molecular flexibility index (Phi) is 5.42. The van der Waals surface area contributed by atoms with Crippen molar-refractivity contribution >= 4 is 0 Å². The van der Waals surface area contributed by atoms with Crippen molar-refractivity contribution in [3.8, 4) is 0 Å². The highest BCUT2D eigenvalue weighted by molar-refractivity contribution is 4.89. The van der Waals surface area contributed by atoms with Gasteiger partial charge in [-0.25, -0.2) is 0 Å². The van der Waals surface area contributed by atoms with E-state index in [4.69, 9.17) is 4.74 Å². The molecule has 1 rings (SSSR count). The predicted octanol–water partition coefficient (Wildman–Crippen LogP) is 3.15. The highest BCUT2D eigenvalue weighted by atomic mass is 16.5. The van der Waals surface area contributed by atoms with E-state index in [9.17, 15) is 0 Å². The first-order chi connectivity index (χ1) is 5.93. The zero-order valence-electron chi connectivity index (χ0n) is 8.09. The number of hydrogen-bond acceptors (Lipinski definition) is 1. The second-order valence-corrected chi connectivity index (χ2v) is 3.45. The summed E-state index contributed by atoms with van der Waals surface area (Å²) in [5.41, 5.74) is 0. The predicted molar refractivity (Wildman–Crippen MR) is 51.7 cm³/mol. The van der Waals surface area contributed by atoms with E-state index < -0.39 is 0 Å². The van der Waals surface area contributed by atoms with Crippen LogP contribution >= 0.6 is 0 Å². The van der Waals surface area contributed by atoms with Crippen molar-refractivity contribution in [3.05, 3.63) is 12.8 Å². The molecular weight excluding hydrogens is 148 g/mol. The molecule has 1 aliphatic carbocycles. The van der Waals surface area contributed by atoms with Crippen molar-refractivity contribution in [2.24, 2.45) is 0 Å². The molecule has 70 valence electrons. The third-order valence-corrected chi connectivity index (χ3v) is 2.28. The molecule has 1 saturated carbocycles. The lowest BCUT2D eigenvalue weighted by atomic mass is 9.98. The van der Waals surface area contributed by atoms with Gasteiger partial charge in [0.15, 0.2) is 0 Å². The maximum absolute atomic E-state index is 5.70. The van der Waals surface area contributed by atoms with Crippen molar-refractivity contribution in [3.63, 3.8) is 0 Å². The summed E-state index contributed by atoms with van der Waals surface area (Å²) in [6.45, 7) is 3.17. The molecule has 0 aromatic carbocycles. The minimum absolute atomic E-state index is 0.426. The van der Waals surface area contributed by atoms with Crippen molar-refractivity contribution in [2.75, 3.05) is 6.61 Å². The normalized spacial score (nSPS) is 19.8. The van der Waals surface area contributed by atoms with Crippen molar-refractivity contribution in [1.29, 1.82) is 0 Å². The summed E-state index contributed by atoms with van der Waals surface area (Å²) >= 11 is 0. The highest BCUT2D eigenvalue weighted by Crippen LogP contribution is 2.18. The zero-order valence-corrected chi connectivity index (χ0v) is 8.09. The molecule has 0 saturated heterocycles. The van der Waals surface area contributed by atoms with Crippen LogP contribution in [-0.2, 0) is 4.74 Å². The Balaban J connectivity index is 1.91. The van der Waals surface area contributed by atoms with E-state index in [-0.39, 0.29) is 0 Å². The minimum Gasteiger partial charge on any atom is -0.378 e. The maximum Gasteiger partial charge on any atom is 0.0609 e. The molecule has 1 heteroatoms. The molecule has 0 aromatic rings. The molecule has 0 aliphatic heterocycles. The first kappa shape index (κ1) is 10.0. The molecule has 2 radical (unpaired) electrons. The lowest BCUT2D eigenvalue weighted by Crippen LogP contribution is -2.18. The fraction of sp³-hybridized carbons (Fsp3) is 0.818. The summed E-state index contributed by atoms with van der Waals surface area (Å²) < 4.78 is 5.70. The third kappa shape index (κ3) is 4.10. The Morgan fingerprint density at radius 1 is 1.33 bits per heavy atom. The molecule has 0 N–H and O–H groups in total. The summed E-state index contributed by atoms with van der Waals surface area (Å²) in [4.78, 5) is 0. The van der Waals surface area contributed by atoms with Gasteiger partial charge in [-0.2, -0.15) is 0 Å². The van der Waals surface area contributed by atoms with Crippen LogP contribution in [0.1, 0.15) is 45.4 Å². The summed E-state index contributed by atoms with van der Waals surface area (Å²) in [6, 6.07) is 0. The summed E-state index contributed by atoms with van der Waals surface area (Å²) in [5.74, 6) is 0.